The smallest absolute Gasteiger partial charge is 0.237 e. The van der Waals surface area contributed by atoms with E-state index in [-0.39, 0.29) is 11.9 Å². The maximum atomic E-state index is 12.3. The minimum atomic E-state index is -0.0838. The molecular formula is C16H27N5O2. The van der Waals surface area contributed by atoms with Gasteiger partial charge in [0.05, 0.1) is 6.04 Å². The van der Waals surface area contributed by atoms with Crippen LogP contribution in [0.25, 0.3) is 0 Å². The molecule has 0 radical (unpaired) electrons. The van der Waals surface area contributed by atoms with Crippen LogP contribution in [0.4, 0.5) is 0 Å². The van der Waals surface area contributed by atoms with E-state index in [2.05, 4.69) is 32.3 Å². The molecule has 1 N–H and O–H groups in total. The molecule has 1 atom stereocenters. The number of aromatic nitrogens is 2. The van der Waals surface area contributed by atoms with Crippen LogP contribution in [0.2, 0.25) is 0 Å². The van der Waals surface area contributed by atoms with E-state index in [0.29, 0.717) is 24.7 Å². The molecule has 0 spiro atoms. The molecule has 1 aliphatic carbocycles. The van der Waals surface area contributed by atoms with Crippen LogP contribution in [0.15, 0.2) is 4.52 Å². The second-order valence-corrected chi connectivity index (χ2v) is 6.73. The molecule has 1 amide bonds. The Morgan fingerprint density at radius 2 is 2.09 bits per heavy atom. The third-order valence-corrected chi connectivity index (χ3v) is 5.05. The summed E-state index contributed by atoms with van der Waals surface area (Å²) in [7, 11) is 2.12. The van der Waals surface area contributed by atoms with Crippen molar-refractivity contribution in [1.82, 2.24) is 25.3 Å². The molecule has 2 aliphatic rings. The van der Waals surface area contributed by atoms with Gasteiger partial charge in [0.15, 0.2) is 5.82 Å². The second-order valence-electron chi connectivity index (χ2n) is 6.73. The van der Waals surface area contributed by atoms with E-state index in [1.54, 1.807) is 0 Å². The van der Waals surface area contributed by atoms with Crippen LogP contribution in [0, 0.1) is 0 Å². The van der Waals surface area contributed by atoms with Gasteiger partial charge in [0.1, 0.15) is 0 Å². The summed E-state index contributed by atoms with van der Waals surface area (Å²) in [5.74, 6) is 2.00. The van der Waals surface area contributed by atoms with E-state index in [9.17, 15) is 4.79 Å². The second kappa shape index (κ2) is 7.40. The topological polar surface area (TPSA) is 74.5 Å². The first-order chi connectivity index (χ1) is 11.1. The van der Waals surface area contributed by atoms with Crippen molar-refractivity contribution in [3.8, 4) is 0 Å². The van der Waals surface area contributed by atoms with Crippen molar-refractivity contribution in [3.05, 3.63) is 11.7 Å². The lowest BCUT2D eigenvalue weighted by Crippen LogP contribution is -2.53. The summed E-state index contributed by atoms with van der Waals surface area (Å²) in [5, 5.41) is 7.00. The van der Waals surface area contributed by atoms with Gasteiger partial charge in [0, 0.05) is 45.1 Å². The number of hydrogen-bond donors (Lipinski definition) is 1. The average Bonchev–Trinajstić information content (AvgIpc) is 2.93. The predicted octanol–water partition coefficient (Wildman–Crippen LogP) is 0.632. The molecule has 1 saturated carbocycles. The lowest BCUT2D eigenvalue weighted by atomic mass is 9.85. The zero-order valence-corrected chi connectivity index (χ0v) is 14.1. The van der Waals surface area contributed by atoms with Crippen molar-refractivity contribution < 1.29 is 9.32 Å². The number of likely N-dealkylation sites (N-methyl/N-ethyl adjacent to an activating group) is 1. The number of nitrogens with zero attached hydrogens (tertiary/aromatic N) is 4. The number of amides is 1. The highest BCUT2D eigenvalue weighted by molar-refractivity contribution is 5.81. The maximum absolute atomic E-state index is 12.3. The van der Waals surface area contributed by atoms with Crippen molar-refractivity contribution >= 4 is 5.91 Å². The van der Waals surface area contributed by atoms with Gasteiger partial charge < -0.3 is 14.7 Å². The molecule has 0 aromatic carbocycles. The minimum Gasteiger partial charge on any atom is -0.354 e. The number of carbonyl (C=O) groups excluding carboxylic acids is 1. The molecule has 3 rings (SSSR count). The molecule has 1 aliphatic heterocycles. The fourth-order valence-corrected chi connectivity index (χ4v) is 3.01. The number of nitrogens with one attached hydrogen (secondary N) is 1. The molecule has 1 aromatic heterocycles. The third-order valence-electron chi connectivity index (χ3n) is 5.05. The van der Waals surface area contributed by atoms with Crippen LogP contribution in [0.1, 0.15) is 43.8 Å². The Hall–Kier alpha value is -1.47. The van der Waals surface area contributed by atoms with Gasteiger partial charge in [-0.2, -0.15) is 4.98 Å². The first-order valence-corrected chi connectivity index (χ1v) is 8.66. The summed E-state index contributed by atoms with van der Waals surface area (Å²) in [6.45, 7) is 6.46. The Morgan fingerprint density at radius 3 is 2.74 bits per heavy atom. The third kappa shape index (κ3) is 4.09. The van der Waals surface area contributed by atoms with Gasteiger partial charge in [0.25, 0.3) is 0 Å². The van der Waals surface area contributed by atoms with Crippen molar-refractivity contribution in [1.29, 1.82) is 0 Å². The lowest BCUT2D eigenvalue weighted by molar-refractivity contribution is -0.126. The molecule has 2 fully saturated rings. The molecule has 1 aromatic rings. The van der Waals surface area contributed by atoms with Crippen LogP contribution in [-0.2, 0) is 11.2 Å². The van der Waals surface area contributed by atoms with Gasteiger partial charge in [-0.1, -0.05) is 11.6 Å². The van der Waals surface area contributed by atoms with Gasteiger partial charge in [-0.05, 0) is 26.8 Å². The van der Waals surface area contributed by atoms with Crippen LogP contribution in [0.5, 0.6) is 0 Å². The van der Waals surface area contributed by atoms with Crippen LogP contribution >= 0.6 is 0 Å². The Balaban J connectivity index is 1.39. The van der Waals surface area contributed by atoms with Crippen molar-refractivity contribution in [3.63, 3.8) is 0 Å². The zero-order chi connectivity index (χ0) is 16.2. The quantitative estimate of drug-likeness (QED) is 0.828. The fraction of sp³-hybridized carbons (Fsp3) is 0.812. The summed E-state index contributed by atoms with van der Waals surface area (Å²) < 4.78 is 5.29. The van der Waals surface area contributed by atoms with Crippen LogP contribution in [0.3, 0.4) is 0 Å². The molecular weight excluding hydrogens is 294 g/mol. The minimum absolute atomic E-state index is 0.0808. The average molecular weight is 321 g/mol. The first-order valence-electron chi connectivity index (χ1n) is 8.66. The highest BCUT2D eigenvalue weighted by Gasteiger charge is 2.26. The largest absolute Gasteiger partial charge is 0.354 e. The lowest BCUT2D eigenvalue weighted by Gasteiger charge is -2.35. The standard InChI is InChI=1S/C16H27N5O2/c1-12(21-10-8-20(2)9-11-21)15(22)17-7-6-14-18-16(23-19-14)13-4-3-5-13/h12-13H,3-11H2,1-2H3,(H,17,22)/t12-/m1/s1. The predicted molar refractivity (Wildman–Crippen MR) is 86.1 cm³/mol. The molecule has 128 valence electrons. The molecule has 7 nitrogen and oxygen atoms in total. The van der Waals surface area contributed by atoms with Crippen molar-refractivity contribution in [2.75, 3.05) is 39.8 Å². The fourth-order valence-electron chi connectivity index (χ4n) is 3.01. The number of carbonyl (C=O) groups is 1. The molecule has 23 heavy (non-hydrogen) atoms. The Bertz CT molecular complexity index is 520. The Morgan fingerprint density at radius 1 is 1.35 bits per heavy atom. The summed E-state index contributed by atoms with van der Waals surface area (Å²) in [6, 6.07) is -0.0838. The van der Waals surface area contributed by atoms with E-state index in [1.807, 2.05) is 6.92 Å². The maximum Gasteiger partial charge on any atom is 0.237 e. The summed E-state index contributed by atoms with van der Waals surface area (Å²) in [5.41, 5.74) is 0. The molecule has 2 heterocycles. The van der Waals surface area contributed by atoms with Crippen molar-refractivity contribution in [2.45, 2.75) is 44.6 Å². The first kappa shape index (κ1) is 16.4. The van der Waals surface area contributed by atoms with E-state index >= 15 is 0 Å². The number of hydrogen-bond acceptors (Lipinski definition) is 6. The van der Waals surface area contributed by atoms with E-state index in [4.69, 9.17) is 4.52 Å². The molecule has 1 saturated heterocycles. The SMILES string of the molecule is C[C@H](C(=O)NCCc1noc(C2CCC2)n1)N1CCN(C)CC1. The van der Waals surface area contributed by atoms with Crippen LogP contribution < -0.4 is 5.32 Å². The highest BCUT2D eigenvalue weighted by atomic mass is 16.5. The number of piperazine rings is 1. The summed E-state index contributed by atoms with van der Waals surface area (Å²) in [4.78, 5) is 21.2. The monoisotopic (exact) mass is 321 g/mol. The normalized spacial score (nSPS) is 21.8. The molecule has 0 bridgehead atoms. The van der Waals surface area contributed by atoms with Gasteiger partial charge in [-0.15, -0.1) is 0 Å². The van der Waals surface area contributed by atoms with E-state index < -0.39 is 0 Å². The zero-order valence-electron chi connectivity index (χ0n) is 14.1. The summed E-state index contributed by atoms with van der Waals surface area (Å²) in [6.07, 6.45) is 4.18. The van der Waals surface area contributed by atoms with Gasteiger partial charge in [0.2, 0.25) is 11.8 Å². The van der Waals surface area contributed by atoms with Gasteiger partial charge in [-0.25, -0.2) is 0 Å². The Kier molecular flexibility index (Phi) is 5.27. The Labute approximate surface area is 137 Å². The molecule has 0 unspecified atom stereocenters. The van der Waals surface area contributed by atoms with Crippen LogP contribution in [-0.4, -0.2) is 71.7 Å². The van der Waals surface area contributed by atoms with Crippen molar-refractivity contribution in [2.24, 2.45) is 0 Å². The molecule has 7 heteroatoms. The van der Waals surface area contributed by atoms with Gasteiger partial charge >= 0.3 is 0 Å². The highest BCUT2D eigenvalue weighted by Crippen LogP contribution is 2.35. The van der Waals surface area contributed by atoms with E-state index in [0.717, 1.165) is 44.9 Å². The van der Waals surface area contributed by atoms with Gasteiger partial charge in [-0.3, -0.25) is 9.69 Å². The number of rotatable bonds is 6. The van der Waals surface area contributed by atoms with E-state index in [1.165, 1.54) is 6.42 Å². The summed E-state index contributed by atoms with van der Waals surface area (Å²) >= 11 is 0.